The van der Waals surface area contributed by atoms with E-state index in [1.165, 1.54) is 18.4 Å². The summed E-state index contributed by atoms with van der Waals surface area (Å²) in [5.41, 5.74) is 8.52. The molecule has 0 aromatic heterocycles. The van der Waals surface area contributed by atoms with E-state index in [1.54, 1.807) is 14.2 Å². The molecule has 3 nitrogen and oxygen atoms in total. The van der Waals surface area contributed by atoms with Crippen LogP contribution in [-0.2, 0) is 4.74 Å². The highest BCUT2D eigenvalue weighted by Gasteiger charge is 2.41. The lowest BCUT2D eigenvalue weighted by molar-refractivity contribution is -0.0269. The average molecular weight is 249 g/mol. The number of nitrogens with two attached hydrogens (primary N) is 1. The molecule has 0 amide bonds. The van der Waals surface area contributed by atoms with Gasteiger partial charge in [0.2, 0.25) is 0 Å². The maximum atomic E-state index is 6.49. The number of rotatable bonds is 4. The van der Waals surface area contributed by atoms with Gasteiger partial charge in [0.05, 0.1) is 18.8 Å². The van der Waals surface area contributed by atoms with E-state index in [1.807, 2.05) is 12.1 Å². The van der Waals surface area contributed by atoms with E-state index >= 15 is 0 Å². The smallest absolute Gasteiger partial charge is 0.123 e. The van der Waals surface area contributed by atoms with Crippen LogP contribution in [0.25, 0.3) is 0 Å². The van der Waals surface area contributed by atoms with Crippen LogP contribution in [0.2, 0.25) is 0 Å². The molecule has 0 spiro atoms. The Morgan fingerprint density at radius 3 is 2.44 bits per heavy atom. The molecular formula is C15H23NO2. The van der Waals surface area contributed by atoms with Gasteiger partial charge in [0, 0.05) is 12.7 Å². The quantitative estimate of drug-likeness (QED) is 0.892. The molecule has 0 radical (unpaired) electrons. The summed E-state index contributed by atoms with van der Waals surface area (Å²) in [7, 11) is 3.46. The van der Waals surface area contributed by atoms with Gasteiger partial charge in [-0.15, -0.1) is 0 Å². The second-order valence-electron chi connectivity index (χ2n) is 5.20. The van der Waals surface area contributed by atoms with Crippen LogP contribution in [0.4, 0.5) is 0 Å². The zero-order valence-corrected chi connectivity index (χ0v) is 11.5. The first kappa shape index (κ1) is 13.4. The van der Waals surface area contributed by atoms with Crippen LogP contribution in [0.1, 0.15) is 42.9 Å². The van der Waals surface area contributed by atoms with Crippen molar-refractivity contribution in [3.8, 4) is 5.75 Å². The fraction of sp³-hybridized carbons (Fsp3) is 0.600. The van der Waals surface area contributed by atoms with Crippen LogP contribution in [0.5, 0.6) is 5.75 Å². The first-order valence-electron chi connectivity index (χ1n) is 6.58. The Bertz CT molecular complexity index is 411. The van der Waals surface area contributed by atoms with Gasteiger partial charge < -0.3 is 15.2 Å². The lowest BCUT2D eigenvalue weighted by Crippen LogP contribution is -2.40. The summed E-state index contributed by atoms with van der Waals surface area (Å²) >= 11 is 0. The minimum Gasteiger partial charge on any atom is -0.496 e. The van der Waals surface area contributed by atoms with E-state index in [-0.39, 0.29) is 11.6 Å². The molecule has 0 heterocycles. The van der Waals surface area contributed by atoms with Crippen LogP contribution >= 0.6 is 0 Å². The average Bonchev–Trinajstić information content (AvgIpc) is 2.87. The van der Waals surface area contributed by atoms with Crippen LogP contribution in [0, 0.1) is 6.92 Å². The highest BCUT2D eigenvalue weighted by atomic mass is 16.5. The molecule has 2 N–H and O–H groups in total. The van der Waals surface area contributed by atoms with E-state index in [9.17, 15) is 0 Å². The van der Waals surface area contributed by atoms with E-state index in [4.69, 9.17) is 15.2 Å². The summed E-state index contributed by atoms with van der Waals surface area (Å²) in [5.74, 6) is 0.858. The lowest BCUT2D eigenvalue weighted by Gasteiger charge is -2.35. The molecule has 18 heavy (non-hydrogen) atoms. The number of ether oxygens (including phenoxy) is 2. The van der Waals surface area contributed by atoms with Gasteiger partial charge in [0.15, 0.2) is 0 Å². The normalized spacial score (nSPS) is 19.8. The SMILES string of the molecule is COc1ccc(C)cc1C(N)C1(OC)CCCC1. The minimum absolute atomic E-state index is 0.125. The molecule has 1 aliphatic carbocycles. The van der Waals surface area contributed by atoms with Crippen molar-refractivity contribution < 1.29 is 9.47 Å². The van der Waals surface area contributed by atoms with Crippen LogP contribution in [-0.4, -0.2) is 19.8 Å². The Morgan fingerprint density at radius 2 is 1.89 bits per heavy atom. The van der Waals surface area contributed by atoms with Crippen molar-refractivity contribution in [3.05, 3.63) is 29.3 Å². The van der Waals surface area contributed by atoms with Crippen molar-refractivity contribution in [2.75, 3.05) is 14.2 Å². The molecule has 1 fully saturated rings. The van der Waals surface area contributed by atoms with Gasteiger partial charge in [-0.3, -0.25) is 0 Å². The maximum absolute atomic E-state index is 6.49. The Kier molecular flexibility index (Phi) is 3.93. The maximum Gasteiger partial charge on any atom is 0.123 e. The predicted molar refractivity (Wildman–Crippen MR) is 72.9 cm³/mol. The van der Waals surface area contributed by atoms with Crippen LogP contribution in [0.3, 0.4) is 0 Å². The highest BCUT2D eigenvalue weighted by molar-refractivity contribution is 5.40. The molecule has 1 saturated carbocycles. The zero-order valence-electron chi connectivity index (χ0n) is 11.5. The zero-order chi connectivity index (χ0) is 13.2. The summed E-state index contributed by atoms with van der Waals surface area (Å²) in [5, 5.41) is 0. The number of benzene rings is 1. The fourth-order valence-electron chi connectivity index (χ4n) is 3.00. The molecule has 1 unspecified atom stereocenters. The van der Waals surface area contributed by atoms with Crippen LogP contribution in [0.15, 0.2) is 18.2 Å². The largest absolute Gasteiger partial charge is 0.496 e. The first-order valence-corrected chi connectivity index (χ1v) is 6.58. The molecule has 0 saturated heterocycles. The lowest BCUT2D eigenvalue weighted by atomic mass is 9.86. The van der Waals surface area contributed by atoms with Crippen molar-refractivity contribution in [2.45, 2.75) is 44.2 Å². The molecular weight excluding hydrogens is 226 g/mol. The number of methoxy groups -OCH3 is 2. The molecule has 2 rings (SSSR count). The summed E-state index contributed by atoms with van der Waals surface area (Å²) in [6, 6.07) is 6.02. The molecule has 0 aliphatic heterocycles. The third-order valence-corrected chi connectivity index (χ3v) is 4.14. The van der Waals surface area contributed by atoms with Gasteiger partial charge in [-0.1, -0.05) is 30.5 Å². The second-order valence-corrected chi connectivity index (χ2v) is 5.20. The molecule has 1 aromatic rings. The van der Waals surface area contributed by atoms with Crippen molar-refractivity contribution in [1.82, 2.24) is 0 Å². The van der Waals surface area contributed by atoms with Crippen LogP contribution < -0.4 is 10.5 Å². The molecule has 0 bridgehead atoms. The first-order chi connectivity index (χ1) is 8.63. The molecule has 100 valence electrons. The molecule has 3 heteroatoms. The van der Waals surface area contributed by atoms with Crippen molar-refractivity contribution >= 4 is 0 Å². The number of hydrogen-bond acceptors (Lipinski definition) is 3. The Balaban J connectivity index is 2.37. The van der Waals surface area contributed by atoms with Gasteiger partial charge in [-0.2, -0.15) is 0 Å². The third-order valence-electron chi connectivity index (χ3n) is 4.14. The molecule has 1 atom stereocenters. The predicted octanol–water partition coefficient (Wildman–Crippen LogP) is 2.96. The topological polar surface area (TPSA) is 44.5 Å². The van der Waals surface area contributed by atoms with E-state index < -0.39 is 0 Å². The van der Waals surface area contributed by atoms with Crippen molar-refractivity contribution in [1.29, 1.82) is 0 Å². The van der Waals surface area contributed by atoms with Gasteiger partial charge in [-0.25, -0.2) is 0 Å². The summed E-state index contributed by atoms with van der Waals surface area (Å²) < 4.78 is 11.2. The fourth-order valence-corrected chi connectivity index (χ4v) is 3.00. The summed E-state index contributed by atoms with van der Waals surface area (Å²) in [6.45, 7) is 2.07. The van der Waals surface area contributed by atoms with Gasteiger partial charge >= 0.3 is 0 Å². The Morgan fingerprint density at radius 1 is 1.22 bits per heavy atom. The van der Waals surface area contributed by atoms with E-state index in [0.717, 1.165) is 24.2 Å². The Hall–Kier alpha value is -1.06. The summed E-state index contributed by atoms with van der Waals surface area (Å²) in [6.07, 6.45) is 4.44. The van der Waals surface area contributed by atoms with E-state index in [2.05, 4.69) is 13.0 Å². The van der Waals surface area contributed by atoms with E-state index in [0.29, 0.717) is 0 Å². The van der Waals surface area contributed by atoms with Gasteiger partial charge in [0.25, 0.3) is 0 Å². The van der Waals surface area contributed by atoms with Gasteiger partial charge in [-0.05, 0) is 25.8 Å². The summed E-state index contributed by atoms with van der Waals surface area (Å²) in [4.78, 5) is 0. The minimum atomic E-state index is -0.221. The second kappa shape index (κ2) is 5.29. The molecule has 1 aromatic carbocycles. The Labute approximate surface area is 109 Å². The van der Waals surface area contributed by atoms with Gasteiger partial charge in [0.1, 0.15) is 5.75 Å². The number of hydrogen-bond donors (Lipinski definition) is 1. The number of aryl methyl sites for hydroxylation is 1. The van der Waals surface area contributed by atoms with Crippen molar-refractivity contribution in [3.63, 3.8) is 0 Å². The highest BCUT2D eigenvalue weighted by Crippen LogP contribution is 2.43. The monoisotopic (exact) mass is 249 g/mol. The van der Waals surface area contributed by atoms with Crippen molar-refractivity contribution in [2.24, 2.45) is 5.73 Å². The molecule has 1 aliphatic rings. The third kappa shape index (κ3) is 2.25. The standard InChI is InChI=1S/C15H23NO2/c1-11-6-7-13(17-2)12(10-11)14(16)15(18-3)8-4-5-9-15/h6-7,10,14H,4-5,8-9,16H2,1-3H3.